The second-order valence-corrected chi connectivity index (χ2v) is 8.39. The van der Waals surface area contributed by atoms with E-state index in [1.54, 1.807) is 48.5 Å². The van der Waals surface area contributed by atoms with E-state index in [4.69, 9.17) is 0 Å². The predicted molar refractivity (Wildman–Crippen MR) is 105 cm³/mol. The number of nitrogens with zero attached hydrogens (tertiary/aromatic N) is 1. The monoisotopic (exact) mass is 389 g/mol. The number of sulfonamides is 1. The first-order valence-corrected chi connectivity index (χ1v) is 9.81. The van der Waals surface area contributed by atoms with Gasteiger partial charge >= 0.3 is 0 Å². The molecule has 2 N–H and O–H groups in total. The Labute approximate surface area is 159 Å². The highest BCUT2D eigenvalue weighted by atomic mass is 32.2. The summed E-state index contributed by atoms with van der Waals surface area (Å²) in [6, 6.07) is 13.4. The Morgan fingerprint density at radius 1 is 0.889 bits per heavy atom. The maximum absolute atomic E-state index is 12.1. The van der Waals surface area contributed by atoms with Crippen LogP contribution >= 0.6 is 0 Å². The van der Waals surface area contributed by atoms with Crippen LogP contribution in [0.15, 0.2) is 53.4 Å². The molecule has 0 aliphatic heterocycles. The zero-order valence-electron chi connectivity index (χ0n) is 15.5. The highest BCUT2D eigenvalue weighted by molar-refractivity contribution is 7.89. The third-order valence-electron chi connectivity index (χ3n) is 3.83. The molecular weight excluding hydrogens is 366 g/mol. The quantitative estimate of drug-likeness (QED) is 0.760. The minimum absolute atomic E-state index is 0.146. The van der Waals surface area contributed by atoms with Crippen LogP contribution in [0.5, 0.6) is 0 Å². The topological polar surface area (TPSA) is 95.6 Å². The Bertz CT molecular complexity index is 905. The Balaban J connectivity index is 1.89. The molecule has 2 rings (SSSR count). The normalized spacial score (nSPS) is 11.3. The van der Waals surface area contributed by atoms with Crippen LogP contribution in [0.1, 0.15) is 18.9 Å². The minimum Gasteiger partial charge on any atom is -0.326 e. The fourth-order valence-electron chi connectivity index (χ4n) is 2.36. The van der Waals surface area contributed by atoms with Crippen LogP contribution in [-0.4, -0.2) is 38.6 Å². The van der Waals surface area contributed by atoms with E-state index < -0.39 is 10.0 Å². The van der Waals surface area contributed by atoms with E-state index in [-0.39, 0.29) is 23.1 Å². The molecule has 27 heavy (non-hydrogen) atoms. The van der Waals surface area contributed by atoms with Gasteiger partial charge in [-0.25, -0.2) is 12.7 Å². The Morgan fingerprint density at radius 2 is 1.41 bits per heavy atom. The molecule has 2 amide bonds. The van der Waals surface area contributed by atoms with Crippen LogP contribution in [0.25, 0.3) is 0 Å². The van der Waals surface area contributed by atoms with Crippen molar-refractivity contribution in [3.63, 3.8) is 0 Å². The molecule has 0 radical (unpaired) electrons. The van der Waals surface area contributed by atoms with Gasteiger partial charge in [-0.2, -0.15) is 0 Å². The fourth-order valence-corrected chi connectivity index (χ4v) is 3.26. The maximum Gasteiger partial charge on any atom is 0.242 e. The van der Waals surface area contributed by atoms with Crippen molar-refractivity contribution in [2.24, 2.45) is 0 Å². The number of carbonyl (C=O) groups excluding carboxylic acids is 2. The largest absolute Gasteiger partial charge is 0.326 e. The molecule has 0 aromatic heterocycles. The molecule has 0 saturated heterocycles. The highest BCUT2D eigenvalue weighted by Crippen LogP contribution is 2.16. The van der Waals surface area contributed by atoms with Gasteiger partial charge in [0.25, 0.3) is 0 Å². The Kier molecular flexibility index (Phi) is 6.70. The SMILES string of the molecule is CC(=O)Nc1ccc(NC(=O)CCc2ccc(S(=O)(=O)N(C)C)cc2)cc1. The van der Waals surface area contributed by atoms with E-state index in [9.17, 15) is 18.0 Å². The highest BCUT2D eigenvalue weighted by Gasteiger charge is 2.16. The lowest BCUT2D eigenvalue weighted by Crippen LogP contribution is -2.22. The molecule has 0 bridgehead atoms. The van der Waals surface area contributed by atoms with Crippen molar-refractivity contribution in [3.8, 4) is 0 Å². The third kappa shape index (κ3) is 5.90. The van der Waals surface area contributed by atoms with Crippen LogP contribution < -0.4 is 10.6 Å². The smallest absolute Gasteiger partial charge is 0.242 e. The van der Waals surface area contributed by atoms with Gasteiger partial charge in [-0.05, 0) is 48.4 Å². The summed E-state index contributed by atoms with van der Waals surface area (Å²) in [5.74, 6) is -0.302. The van der Waals surface area contributed by atoms with E-state index in [0.29, 0.717) is 17.8 Å². The van der Waals surface area contributed by atoms with Crippen molar-refractivity contribution >= 4 is 33.2 Å². The minimum atomic E-state index is -3.45. The van der Waals surface area contributed by atoms with Crippen LogP contribution in [0.2, 0.25) is 0 Å². The van der Waals surface area contributed by atoms with E-state index in [0.717, 1.165) is 9.87 Å². The number of carbonyl (C=O) groups is 2. The van der Waals surface area contributed by atoms with Crippen molar-refractivity contribution in [1.82, 2.24) is 4.31 Å². The van der Waals surface area contributed by atoms with Gasteiger partial charge < -0.3 is 10.6 Å². The second kappa shape index (κ2) is 8.79. The average Bonchev–Trinajstić information content (AvgIpc) is 2.61. The molecule has 0 spiro atoms. The standard InChI is InChI=1S/C19H23N3O4S/c1-14(23)20-16-7-9-17(10-8-16)21-19(24)13-6-15-4-11-18(12-5-15)27(25,26)22(2)3/h4-5,7-12H,6,13H2,1-3H3,(H,20,23)(H,21,24). The summed E-state index contributed by atoms with van der Waals surface area (Å²) in [7, 11) is -0.484. The molecule has 0 saturated carbocycles. The van der Waals surface area contributed by atoms with Crippen LogP contribution in [0.3, 0.4) is 0 Å². The van der Waals surface area contributed by atoms with E-state index in [2.05, 4.69) is 10.6 Å². The molecule has 7 nitrogen and oxygen atoms in total. The number of hydrogen-bond donors (Lipinski definition) is 2. The molecule has 0 heterocycles. The van der Waals surface area contributed by atoms with Crippen molar-refractivity contribution in [3.05, 3.63) is 54.1 Å². The number of anilines is 2. The molecule has 144 valence electrons. The summed E-state index contributed by atoms with van der Waals surface area (Å²) in [6.45, 7) is 1.43. The van der Waals surface area contributed by atoms with Gasteiger partial charge in [-0.15, -0.1) is 0 Å². The summed E-state index contributed by atoms with van der Waals surface area (Å²) in [5.41, 5.74) is 2.18. The third-order valence-corrected chi connectivity index (χ3v) is 5.66. The molecule has 0 atom stereocenters. The second-order valence-electron chi connectivity index (χ2n) is 6.24. The number of amides is 2. The van der Waals surface area contributed by atoms with Crippen molar-refractivity contribution in [1.29, 1.82) is 0 Å². The summed E-state index contributed by atoms with van der Waals surface area (Å²) in [5, 5.41) is 5.45. The van der Waals surface area contributed by atoms with Gasteiger partial charge in [0.15, 0.2) is 0 Å². The number of hydrogen-bond acceptors (Lipinski definition) is 4. The van der Waals surface area contributed by atoms with Crippen LogP contribution in [-0.2, 0) is 26.0 Å². The maximum atomic E-state index is 12.1. The first-order chi connectivity index (χ1) is 12.7. The van der Waals surface area contributed by atoms with Crippen molar-refractivity contribution < 1.29 is 18.0 Å². The predicted octanol–water partition coefficient (Wildman–Crippen LogP) is 2.47. The van der Waals surface area contributed by atoms with Gasteiger partial charge in [-0.3, -0.25) is 9.59 Å². The zero-order chi connectivity index (χ0) is 20.0. The number of aryl methyl sites for hydroxylation is 1. The average molecular weight is 389 g/mol. The first kappa shape index (κ1) is 20.6. The van der Waals surface area contributed by atoms with Gasteiger partial charge in [-0.1, -0.05) is 12.1 Å². The number of rotatable bonds is 7. The van der Waals surface area contributed by atoms with Gasteiger partial charge in [0.05, 0.1) is 4.90 Å². The molecule has 0 fully saturated rings. The van der Waals surface area contributed by atoms with Gasteiger partial charge in [0, 0.05) is 38.8 Å². The lowest BCUT2D eigenvalue weighted by molar-refractivity contribution is -0.116. The lowest BCUT2D eigenvalue weighted by atomic mass is 10.1. The molecular formula is C19H23N3O4S. The van der Waals surface area contributed by atoms with Gasteiger partial charge in [0.1, 0.15) is 0 Å². The lowest BCUT2D eigenvalue weighted by Gasteiger charge is -2.11. The van der Waals surface area contributed by atoms with Crippen molar-refractivity contribution in [2.75, 3.05) is 24.7 Å². The molecule has 0 aliphatic rings. The van der Waals surface area contributed by atoms with E-state index in [1.165, 1.54) is 21.0 Å². The van der Waals surface area contributed by atoms with Crippen molar-refractivity contribution in [2.45, 2.75) is 24.7 Å². The zero-order valence-corrected chi connectivity index (χ0v) is 16.3. The molecule has 0 unspecified atom stereocenters. The van der Waals surface area contributed by atoms with Crippen LogP contribution in [0.4, 0.5) is 11.4 Å². The number of benzene rings is 2. The molecule has 8 heteroatoms. The van der Waals surface area contributed by atoms with E-state index in [1.807, 2.05) is 0 Å². The first-order valence-electron chi connectivity index (χ1n) is 8.37. The van der Waals surface area contributed by atoms with Crippen LogP contribution in [0, 0.1) is 0 Å². The Hall–Kier alpha value is -2.71. The molecule has 2 aromatic rings. The molecule has 0 aliphatic carbocycles. The molecule has 2 aromatic carbocycles. The summed E-state index contributed by atoms with van der Waals surface area (Å²) >= 11 is 0. The van der Waals surface area contributed by atoms with Gasteiger partial charge in [0.2, 0.25) is 21.8 Å². The fraction of sp³-hybridized carbons (Fsp3) is 0.263. The Morgan fingerprint density at radius 3 is 1.89 bits per heavy atom. The summed E-state index contributed by atoms with van der Waals surface area (Å²) in [4.78, 5) is 23.3. The summed E-state index contributed by atoms with van der Waals surface area (Å²) < 4.78 is 25.2. The number of nitrogens with one attached hydrogen (secondary N) is 2. The van der Waals surface area contributed by atoms with E-state index >= 15 is 0 Å². The summed E-state index contributed by atoms with van der Waals surface area (Å²) in [6.07, 6.45) is 0.769.